The molecule has 4 aromatic rings. The van der Waals surface area contributed by atoms with E-state index < -0.39 is 16.4 Å². The molecular weight excluding hydrogens is 517 g/mol. The summed E-state index contributed by atoms with van der Waals surface area (Å²) in [6.07, 6.45) is 4.26. The molecule has 2 aromatic heterocycles. The number of carbonyl (C=O) groups is 1. The maximum Gasteiger partial charge on any atom is 0.305 e. The van der Waals surface area contributed by atoms with Crippen molar-refractivity contribution < 1.29 is 18.5 Å². The number of fused-ring (bicyclic) bond motifs is 1. The number of carbonyl (C=O) groups excluding carboxylic acids is 1. The molecule has 0 bridgehead atoms. The molecule has 2 aromatic carbocycles. The van der Waals surface area contributed by atoms with Crippen LogP contribution in [0.2, 0.25) is 0 Å². The van der Waals surface area contributed by atoms with E-state index >= 15 is 0 Å². The lowest BCUT2D eigenvalue weighted by Crippen LogP contribution is -2.27. The normalized spacial score (nSPS) is 15.3. The number of nitro groups is 1. The van der Waals surface area contributed by atoms with E-state index in [1.54, 1.807) is 18.3 Å². The fraction of sp³-hybridized carbons (Fsp3) is 0.267. The van der Waals surface area contributed by atoms with Crippen LogP contribution in [0.3, 0.4) is 0 Å². The minimum Gasteiger partial charge on any atom is -0.455 e. The van der Waals surface area contributed by atoms with Crippen molar-refractivity contribution in [2.24, 2.45) is 16.3 Å². The molecule has 200 valence electrons. The van der Waals surface area contributed by atoms with Gasteiger partial charge < -0.3 is 9.73 Å². The van der Waals surface area contributed by atoms with Crippen molar-refractivity contribution in [2.45, 2.75) is 40.0 Å². The lowest BCUT2D eigenvalue weighted by molar-refractivity contribution is -0.387. The van der Waals surface area contributed by atoms with Crippen LogP contribution in [0.15, 0.2) is 70.1 Å². The number of aliphatic imine (C=N–C) groups is 1. The van der Waals surface area contributed by atoms with E-state index in [0.29, 0.717) is 39.3 Å². The Labute approximate surface area is 229 Å². The van der Waals surface area contributed by atoms with Gasteiger partial charge in [-0.1, -0.05) is 39.0 Å². The third kappa shape index (κ3) is 5.68. The fourth-order valence-corrected chi connectivity index (χ4v) is 6.12. The van der Waals surface area contributed by atoms with E-state index in [1.807, 2.05) is 30.3 Å². The first-order valence-electron chi connectivity index (χ1n) is 12.7. The van der Waals surface area contributed by atoms with E-state index in [9.17, 15) is 19.3 Å². The van der Waals surface area contributed by atoms with Gasteiger partial charge in [-0.15, -0.1) is 11.3 Å². The molecule has 0 unspecified atom stereocenters. The SMILES string of the molecule is CC(C)(C)[C@H]1CCc2c(sc(N=Cc3ccc(-c4ccc(F)c([N+](=O)[O-])c4)o3)c2C(=O)Nc2ccccc2)C1. The fourth-order valence-electron chi connectivity index (χ4n) is 4.86. The van der Waals surface area contributed by atoms with E-state index in [2.05, 4.69) is 31.1 Å². The lowest BCUT2D eigenvalue weighted by Gasteiger charge is -2.33. The van der Waals surface area contributed by atoms with E-state index in [-0.39, 0.29) is 11.3 Å². The summed E-state index contributed by atoms with van der Waals surface area (Å²) in [4.78, 5) is 29.7. The second kappa shape index (κ2) is 10.6. The number of hydrogen-bond acceptors (Lipinski definition) is 6. The number of nitro benzene ring substituents is 1. The molecule has 1 N–H and O–H groups in total. The van der Waals surface area contributed by atoms with Crippen LogP contribution in [0.1, 0.15) is 53.8 Å². The monoisotopic (exact) mass is 545 g/mol. The van der Waals surface area contributed by atoms with E-state index in [4.69, 9.17) is 4.42 Å². The number of anilines is 1. The summed E-state index contributed by atoms with van der Waals surface area (Å²) in [5.41, 5.74) is 2.28. The molecule has 0 saturated carbocycles. The number of amides is 1. The Morgan fingerprint density at radius 1 is 1.18 bits per heavy atom. The van der Waals surface area contributed by atoms with Gasteiger partial charge in [-0.05, 0) is 72.6 Å². The van der Waals surface area contributed by atoms with Gasteiger partial charge in [0.1, 0.15) is 16.5 Å². The zero-order valence-electron chi connectivity index (χ0n) is 21.9. The lowest BCUT2D eigenvalue weighted by atomic mass is 9.72. The van der Waals surface area contributed by atoms with Gasteiger partial charge >= 0.3 is 5.69 Å². The summed E-state index contributed by atoms with van der Waals surface area (Å²) in [6, 6.07) is 16.3. The van der Waals surface area contributed by atoms with Gasteiger partial charge in [-0.25, -0.2) is 4.99 Å². The first kappa shape index (κ1) is 26.5. The Kier molecular flexibility index (Phi) is 7.18. The summed E-state index contributed by atoms with van der Waals surface area (Å²) in [5, 5.41) is 14.7. The van der Waals surface area contributed by atoms with Crippen molar-refractivity contribution in [3.8, 4) is 11.3 Å². The Morgan fingerprint density at radius 2 is 1.95 bits per heavy atom. The number of halogens is 1. The van der Waals surface area contributed by atoms with Gasteiger partial charge in [0.15, 0.2) is 0 Å². The van der Waals surface area contributed by atoms with Gasteiger partial charge in [-0.3, -0.25) is 14.9 Å². The number of thiophene rings is 1. The van der Waals surface area contributed by atoms with Gasteiger partial charge in [0.05, 0.1) is 16.7 Å². The van der Waals surface area contributed by atoms with Crippen LogP contribution >= 0.6 is 11.3 Å². The van der Waals surface area contributed by atoms with Gasteiger partial charge in [-0.2, -0.15) is 4.39 Å². The summed E-state index contributed by atoms with van der Waals surface area (Å²) in [5.74, 6) is 0.163. The summed E-state index contributed by atoms with van der Waals surface area (Å²) in [6.45, 7) is 6.76. The molecule has 5 rings (SSSR count). The first-order chi connectivity index (χ1) is 18.6. The van der Waals surface area contributed by atoms with Gasteiger partial charge in [0.2, 0.25) is 5.82 Å². The topological polar surface area (TPSA) is 97.7 Å². The van der Waals surface area contributed by atoms with Crippen LogP contribution in [-0.2, 0) is 12.8 Å². The van der Waals surface area contributed by atoms with E-state index in [1.165, 1.54) is 22.3 Å². The third-order valence-corrected chi connectivity index (χ3v) is 8.26. The molecule has 1 atom stereocenters. The predicted octanol–water partition coefficient (Wildman–Crippen LogP) is 8.21. The maximum absolute atomic E-state index is 13.8. The highest BCUT2D eigenvalue weighted by molar-refractivity contribution is 7.16. The molecule has 0 fully saturated rings. The summed E-state index contributed by atoms with van der Waals surface area (Å²) >= 11 is 1.53. The predicted molar refractivity (Wildman–Crippen MR) is 152 cm³/mol. The summed E-state index contributed by atoms with van der Waals surface area (Å²) < 4.78 is 19.6. The molecule has 9 heteroatoms. The third-order valence-electron chi connectivity index (χ3n) is 7.09. The Bertz CT molecular complexity index is 1570. The minimum absolute atomic E-state index is 0.164. The smallest absolute Gasteiger partial charge is 0.305 e. The molecule has 1 aliphatic rings. The summed E-state index contributed by atoms with van der Waals surface area (Å²) in [7, 11) is 0. The van der Waals surface area contributed by atoms with Crippen LogP contribution in [0.25, 0.3) is 11.3 Å². The highest BCUT2D eigenvalue weighted by atomic mass is 32.1. The molecule has 0 spiro atoms. The molecule has 0 saturated heterocycles. The molecule has 7 nitrogen and oxygen atoms in total. The number of para-hydroxylation sites is 1. The quantitative estimate of drug-likeness (QED) is 0.150. The Balaban J connectivity index is 1.46. The van der Waals surface area contributed by atoms with Gasteiger partial charge in [0.25, 0.3) is 5.91 Å². The number of furan rings is 1. The minimum atomic E-state index is -0.909. The van der Waals surface area contributed by atoms with Crippen LogP contribution in [0.4, 0.5) is 20.8 Å². The molecule has 2 heterocycles. The zero-order chi connectivity index (χ0) is 27.7. The first-order valence-corrected chi connectivity index (χ1v) is 13.5. The number of nitrogens with one attached hydrogen (secondary N) is 1. The highest BCUT2D eigenvalue weighted by Crippen LogP contribution is 2.45. The zero-order valence-corrected chi connectivity index (χ0v) is 22.7. The average molecular weight is 546 g/mol. The molecule has 1 amide bonds. The Morgan fingerprint density at radius 3 is 2.67 bits per heavy atom. The number of benzene rings is 2. The van der Waals surface area contributed by atoms with Crippen LogP contribution < -0.4 is 5.32 Å². The number of hydrogen-bond donors (Lipinski definition) is 1. The van der Waals surface area contributed by atoms with Crippen molar-refractivity contribution >= 4 is 39.8 Å². The average Bonchev–Trinajstić information content (AvgIpc) is 3.52. The second-order valence-electron chi connectivity index (χ2n) is 10.7. The molecule has 0 radical (unpaired) electrons. The van der Waals surface area contributed by atoms with Crippen LogP contribution in [-0.4, -0.2) is 17.0 Å². The molecular formula is C30H28FN3O4S. The maximum atomic E-state index is 13.8. The van der Waals surface area contributed by atoms with Crippen molar-refractivity contribution in [2.75, 3.05) is 5.32 Å². The van der Waals surface area contributed by atoms with Crippen molar-refractivity contribution in [1.29, 1.82) is 0 Å². The molecule has 0 aliphatic heterocycles. The van der Waals surface area contributed by atoms with Crippen LogP contribution in [0.5, 0.6) is 0 Å². The van der Waals surface area contributed by atoms with Crippen molar-refractivity contribution in [3.05, 3.63) is 98.4 Å². The standard InChI is InChI=1S/C30H28FN3O4S/c1-30(2,3)19-10-12-22-26(16-19)39-29(27(22)28(35)33-20-7-5-4-6-8-20)32-17-21-11-14-25(38-21)18-9-13-23(31)24(15-18)34(36)37/h4-9,11,13-15,17,19H,10,12,16H2,1-3H3,(H,33,35)/t19-/m0/s1. The second-order valence-corrected chi connectivity index (χ2v) is 11.8. The largest absolute Gasteiger partial charge is 0.455 e. The van der Waals surface area contributed by atoms with Crippen molar-refractivity contribution in [3.63, 3.8) is 0 Å². The van der Waals surface area contributed by atoms with Crippen molar-refractivity contribution in [1.82, 2.24) is 0 Å². The highest BCUT2D eigenvalue weighted by Gasteiger charge is 2.33. The van der Waals surface area contributed by atoms with Crippen LogP contribution in [0, 0.1) is 27.3 Å². The molecule has 39 heavy (non-hydrogen) atoms. The molecule has 1 aliphatic carbocycles. The Hall–Kier alpha value is -4.11. The van der Waals surface area contributed by atoms with E-state index in [0.717, 1.165) is 37.0 Å². The van der Waals surface area contributed by atoms with Gasteiger partial charge in [0, 0.05) is 22.2 Å². The number of rotatable bonds is 6. The number of nitrogens with zero attached hydrogens (tertiary/aromatic N) is 2.